The van der Waals surface area contributed by atoms with Crippen LogP contribution in [-0.4, -0.2) is 37.7 Å². The van der Waals surface area contributed by atoms with E-state index in [2.05, 4.69) is 53.8 Å². The minimum absolute atomic E-state index is 0.183. The number of nitrogens with zero attached hydrogens (tertiary/aromatic N) is 1. The number of methoxy groups -OCH3 is 2. The summed E-state index contributed by atoms with van der Waals surface area (Å²) in [5.41, 5.74) is 6.79. The normalized spacial score (nSPS) is 10.7. The number of carbonyl (C=O) groups excluding carboxylic acids is 2. The molecule has 1 aromatic heterocycles. The number of aromatic nitrogens is 1. The van der Waals surface area contributed by atoms with Crippen molar-refractivity contribution in [2.75, 3.05) is 20.8 Å². The van der Waals surface area contributed by atoms with Crippen molar-refractivity contribution >= 4 is 27.9 Å². The Morgan fingerprint density at radius 3 is 1.92 bits per heavy atom. The molecule has 0 amide bonds. The number of aryl methyl sites for hydroxylation is 5. The van der Waals surface area contributed by atoms with Gasteiger partial charge in [0.25, 0.3) is 0 Å². The van der Waals surface area contributed by atoms with Crippen LogP contribution in [0.25, 0.3) is 11.1 Å². The maximum absolute atomic E-state index is 12.8. The monoisotopic (exact) mass is 569 g/mol. The average Bonchev–Trinajstić information content (AvgIpc) is 2.85. The molecule has 196 valence electrons. The van der Waals surface area contributed by atoms with Gasteiger partial charge in [-0.2, -0.15) is 0 Å². The van der Waals surface area contributed by atoms with Gasteiger partial charge < -0.3 is 18.9 Å². The lowest BCUT2D eigenvalue weighted by molar-refractivity contribution is 0.0599. The molecule has 8 heteroatoms. The van der Waals surface area contributed by atoms with Crippen LogP contribution in [0.15, 0.2) is 28.7 Å². The lowest BCUT2D eigenvalue weighted by atomic mass is 9.92. The SMILES string of the molecule is CCOc1cc(-c2c(C(=O)OC)c(C)nc(C)c2C(=O)OC)cc(Br)c1OCc1cc(C)c(C)cc1C. The van der Waals surface area contributed by atoms with Gasteiger partial charge in [0.1, 0.15) is 6.61 Å². The average molecular weight is 570 g/mol. The highest BCUT2D eigenvalue weighted by Crippen LogP contribution is 2.43. The van der Waals surface area contributed by atoms with Crippen molar-refractivity contribution in [2.45, 2.75) is 48.1 Å². The molecular weight excluding hydrogens is 538 g/mol. The fraction of sp³-hybridized carbons (Fsp3) is 0.345. The number of pyridine rings is 1. The zero-order valence-electron chi connectivity index (χ0n) is 22.5. The molecule has 0 N–H and O–H groups in total. The van der Waals surface area contributed by atoms with Crippen molar-refractivity contribution in [3.05, 3.63) is 73.5 Å². The second-order valence-electron chi connectivity index (χ2n) is 8.76. The van der Waals surface area contributed by atoms with Gasteiger partial charge in [0.15, 0.2) is 11.5 Å². The van der Waals surface area contributed by atoms with E-state index in [0.717, 1.165) is 11.1 Å². The lowest BCUT2D eigenvalue weighted by Crippen LogP contribution is -2.16. The van der Waals surface area contributed by atoms with E-state index in [1.807, 2.05) is 6.92 Å². The summed E-state index contributed by atoms with van der Waals surface area (Å²) < 4.78 is 22.9. The van der Waals surface area contributed by atoms with Crippen LogP contribution in [0.5, 0.6) is 11.5 Å². The van der Waals surface area contributed by atoms with Gasteiger partial charge in [-0.1, -0.05) is 12.1 Å². The van der Waals surface area contributed by atoms with Gasteiger partial charge in [-0.25, -0.2) is 9.59 Å². The van der Waals surface area contributed by atoms with Crippen LogP contribution in [-0.2, 0) is 16.1 Å². The summed E-state index contributed by atoms with van der Waals surface area (Å²) in [6.07, 6.45) is 0. The predicted molar refractivity (Wildman–Crippen MR) is 146 cm³/mol. The Bertz CT molecular complexity index is 1330. The van der Waals surface area contributed by atoms with Crippen LogP contribution >= 0.6 is 15.9 Å². The molecule has 0 radical (unpaired) electrons. The summed E-state index contributed by atoms with van der Waals surface area (Å²) >= 11 is 3.62. The zero-order chi connectivity index (χ0) is 27.4. The molecular formula is C29H32BrNO6. The van der Waals surface area contributed by atoms with Gasteiger partial charge in [0, 0.05) is 5.56 Å². The van der Waals surface area contributed by atoms with Crippen molar-refractivity contribution in [2.24, 2.45) is 0 Å². The van der Waals surface area contributed by atoms with E-state index in [1.165, 1.54) is 25.3 Å². The topological polar surface area (TPSA) is 84.0 Å². The standard InChI is InChI=1S/C29H32BrNO6/c1-9-36-23-13-20(12-22(30)27(23)37-14-21-11-16(3)15(2)10-17(21)4)26-24(28(32)34-7)18(5)31-19(6)25(26)29(33)35-8/h10-13H,9,14H2,1-8H3. The molecule has 0 unspecified atom stereocenters. The number of ether oxygens (including phenoxy) is 4. The molecule has 0 aliphatic heterocycles. The maximum atomic E-state index is 12.8. The summed E-state index contributed by atoms with van der Waals surface area (Å²) in [5, 5.41) is 0. The molecule has 7 nitrogen and oxygen atoms in total. The van der Waals surface area contributed by atoms with Crippen molar-refractivity contribution in [3.8, 4) is 22.6 Å². The maximum Gasteiger partial charge on any atom is 0.340 e. The Hall–Kier alpha value is -3.39. The minimum Gasteiger partial charge on any atom is -0.490 e. The van der Waals surface area contributed by atoms with Crippen LogP contribution in [0.1, 0.15) is 61.3 Å². The number of hydrogen-bond donors (Lipinski definition) is 0. The first-order valence-corrected chi connectivity index (χ1v) is 12.7. The van der Waals surface area contributed by atoms with Gasteiger partial charge in [-0.05, 0) is 97.4 Å². The number of hydrogen-bond acceptors (Lipinski definition) is 7. The molecule has 0 fully saturated rings. The predicted octanol–water partition coefficient (Wildman–Crippen LogP) is 6.60. The van der Waals surface area contributed by atoms with Crippen LogP contribution in [0.2, 0.25) is 0 Å². The Labute approximate surface area is 226 Å². The van der Waals surface area contributed by atoms with Crippen LogP contribution in [0.3, 0.4) is 0 Å². The van der Waals surface area contributed by atoms with Gasteiger partial charge in [0.2, 0.25) is 0 Å². The Balaban J connectivity index is 2.20. The minimum atomic E-state index is -0.607. The van der Waals surface area contributed by atoms with Crippen molar-refractivity contribution in [1.29, 1.82) is 0 Å². The molecule has 0 atom stereocenters. The molecule has 0 aliphatic carbocycles. The third kappa shape index (κ3) is 5.80. The van der Waals surface area contributed by atoms with Gasteiger partial charge in [0.05, 0.1) is 47.8 Å². The first kappa shape index (κ1) is 28.2. The van der Waals surface area contributed by atoms with E-state index in [1.54, 1.807) is 26.0 Å². The van der Waals surface area contributed by atoms with Crippen molar-refractivity contribution < 1.29 is 28.5 Å². The second-order valence-corrected chi connectivity index (χ2v) is 9.62. The lowest BCUT2D eigenvalue weighted by Gasteiger charge is -2.20. The Kier molecular flexibility index (Phi) is 8.97. The highest BCUT2D eigenvalue weighted by molar-refractivity contribution is 9.10. The van der Waals surface area contributed by atoms with E-state index >= 15 is 0 Å². The summed E-state index contributed by atoms with van der Waals surface area (Å²) in [5.74, 6) is -0.230. The summed E-state index contributed by atoms with van der Waals surface area (Å²) in [7, 11) is 2.58. The first-order chi connectivity index (χ1) is 17.5. The van der Waals surface area contributed by atoms with Crippen molar-refractivity contribution in [3.63, 3.8) is 0 Å². The fourth-order valence-corrected chi connectivity index (χ4v) is 4.84. The van der Waals surface area contributed by atoms with Gasteiger partial charge in [-0.15, -0.1) is 0 Å². The van der Waals surface area contributed by atoms with Gasteiger partial charge in [-0.3, -0.25) is 4.98 Å². The molecule has 0 saturated carbocycles. The number of esters is 2. The fourth-order valence-electron chi connectivity index (χ4n) is 4.28. The highest BCUT2D eigenvalue weighted by atomic mass is 79.9. The Morgan fingerprint density at radius 2 is 1.38 bits per heavy atom. The number of halogens is 1. The number of rotatable bonds is 8. The molecule has 3 aromatic rings. The summed E-state index contributed by atoms with van der Waals surface area (Å²) in [6.45, 7) is 12.2. The molecule has 0 bridgehead atoms. The van der Waals surface area contributed by atoms with E-state index in [4.69, 9.17) is 18.9 Å². The third-order valence-electron chi connectivity index (χ3n) is 6.26. The zero-order valence-corrected chi connectivity index (χ0v) is 24.1. The van der Waals surface area contributed by atoms with Crippen molar-refractivity contribution in [1.82, 2.24) is 4.98 Å². The molecule has 37 heavy (non-hydrogen) atoms. The third-order valence-corrected chi connectivity index (χ3v) is 6.85. The van der Waals surface area contributed by atoms with Crippen LogP contribution in [0.4, 0.5) is 0 Å². The van der Waals surface area contributed by atoms with Crippen LogP contribution < -0.4 is 9.47 Å². The van der Waals surface area contributed by atoms with Crippen LogP contribution in [0, 0.1) is 34.6 Å². The highest BCUT2D eigenvalue weighted by Gasteiger charge is 2.28. The van der Waals surface area contributed by atoms with E-state index < -0.39 is 11.9 Å². The molecule has 0 spiro atoms. The molecule has 0 aliphatic rings. The first-order valence-electron chi connectivity index (χ1n) is 11.9. The van der Waals surface area contributed by atoms with E-state index in [9.17, 15) is 9.59 Å². The molecule has 1 heterocycles. The largest absolute Gasteiger partial charge is 0.490 e. The smallest absolute Gasteiger partial charge is 0.340 e. The summed E-state index contributed by atoms with van der Waals surface area (Å²) in [4.78, 5) is 30.1. The van der Waals surface area contributed by atoms with Gasteiger partial charge >= 0.3 is 11.9 Å². The number of benzene rings is 2. The number of carbonyl (C=O) groups is 2. The molecule has 0 saturated heterocycles. The second kappa shape index (κ2) is 11.8. The molecule has 3 rings (SSSR count). The summed E-state index contributed by atoms with van der Waals surface area (Å²) in [6, 6.07) is 7.82. The van der Waals surface area contributed by atoms with E-state index in [-0.39, 0.29) is 11.1 Å². The molecule has 2 aromatic carbocycles. The quantitative estimate of drug-likeness (QED) is 0.282. The van der Waals surface area contributed by atoms with E-state index in [0.29, 0.717) is 51.7 Å². The Morgan fingerprint density at radius 1 is 0.811 bits per heavy atom.